The van der Waals surface area contributed by atoms with Crippen LogP contribution >= 0.6 is 0 Å². The van der Waals surface area contributed by atoms with Gasteiger partial charge in [0.05, 0.1) is 19.1 Å². The second-order valence-corrected chi connectivity index (χ2v) is 5.39. The predicted molar refractivity (Wildman–Crippen MR) is 75.0 cm³/mol. The normalized spacial score (nSPS) is 26.9. The Morgan fingerprint density at radius 3 is 2.45 bits per heavy atom. The molecule has 1 amide bonds. The third kappa shape index (κ3) is 2.85. The molecule has 0 spiro atoms. The first kappa shape index (κ1) is 13.5. The molecule has 2 fully saturated rings. The molecular weight excluding hydrogens is 256 g/mol. The average Bonchev–Trinajstić information content (AvgIpc) is 3.10. The van der Waals surface area contributed by atoms with Crippen molar-refractivity contribution in [3.8, 4) is 0 Å². The second-order valence-electron chi connectivity index (χ2n) is 5.39. The van der Waals surface area contributed by atoms with Gasteiger partial charge in [0.1, 0.15) is 0 Å². The van der Waals surface area contributed by atoms with E-state index in [-0.39, 0.29) is 24.2 Å². The van der Waals surface area contributed by atoms with Gasteiger partial charge in [-0.3, -0.25) is 4.79 Å². The fraction of sp³-hybridized carbons (Fsp3) is 0.533. The maximum atomic E-state index is 12.1. The van der Waals surface area contributed by atoms with Crippen molar-refractivity contribution in [3.05, 3.63) is 29.8 Å². The largest absolute Gasteiger partial charge is 0.346 e. The zero-order chi connectivity index (χ0) is 13.9. The van der Waals surface area contributed by atoms with E-state index in [1.54, 1.807) is 0 Å². The maximum absolute atomic E-state index is 12.1. The van der Waals surface area contributed by atoms with Crippen LogP contribution in [0.3, 0.4) is 0 Å². The molecule has 108 valence electrons. The first-order valence-corrected chi connectivity index (χ1v) is 7.13. The lowest BCUT2D eigenvalue weighted by atomic mass is 10.0. The molecule has 0 aromatic heterocycles. The first-order chi connectivity index (χ1) is 9.74. The van der Waals surface area contributed by atoms with Gasteiger partial charge in [-0.25, -0.2) is 0 Å². The van der Waals surface area contributed by atoms with E-state index >= 15 is 0 Å². The Morgan fingerprint density at radius 2 is 1.85 bits per heavy atom. The molecule has 0 radical (unpaired) electrons. The van der Waals surface area contributed by atoms with Crippen LogP contribution in [0, 0.1) is 5.92 Å². The lowest BCUT2D eigenvalue weighted by Crippen LogP contribution is -2.34. The summed E-state index contributed by atoms with van der Waals surface area (Å²) in [7, 11) is 0. The van der Waals surface area contributed by atoms with Gasteiger partial charge in [-0.2, -0.15) is 0 Å². The third-order valence-corrected chi connectivity index (χ3v) is 3.98. The number of carbonyl (C=O) groups is 1. The van der Waals surface area contributed by atoms with E-state index < -0.39 is 0 Å². The van der Waals surface area contributed by atoms with E-state index in [4.69, 9.17) is 15.2 Å². The maximum Gasteiger partial charge on any atom is 0.229 e. The Hall–Kier alpha value is -1.43. The highest BCUT2D eigenvalue weighted by Gasteiger charge is 2.30. The van der Waals surface area contributed by atoms with Crippen molar-refractivity contribution in [3.63, 3.8) is 0 Å². The molecule has 1 saturated heterocycles. The highest BCUT2D eigenvalue weighted by atomic mass is 16.7. The SMILES string of the molecule is NC1CCCC1C(=O)Nc1ccc(C2OCCO2)cc1. The molecule has 2 atom stereocenters. The number of hydrogen-bond donors (Lipinski definition) is 2. The van der Waals surface area contributed by atoms with Crippen LogP contribution in [-0.4, -0.2) is 25.2 Å². The van der Waals surface area contributed by atoms with Crippen LogP contribution < -0.4 is 11.1 Å². The van der Waals surface area contributed by atoms with Gasteiger partial charge in [-0.15, -0.1) is 0 Å². The molecule has 1 aromatic rings. The van der Waals surface area contributed by atoms with Gasteiger partial charge in [0, 0.05) is 17.3 Å². The Kier molecular flexibility index (Phi) is 4.00. The summed E-state index contributed by atoms with van der Waals surface area (Å²) >= 11 is 0. The number of rotatable bonds is 3. The van der Waals surface area contributed by atoms with Gasteiger partial charge in [0.2, 0.25) is 5.91 Å². The molecule has 0 bridgehead atoms. The minimum atomic E-state index is -0.275. The Morgan fingerprint density at radius 1 is 1.15 bits per heavy atom. The molecule has 2 unspecified atom stereocenters. The molecule has 3 N–H and O–H groups in total. The monoisotopic (exact) mass is 276 g/mol. The van der Waals surface area contributed by atoms with Gasteiger partial charge >= 0.3 is 0 Å². The standard InChI is InChI=1S/C15H20N2O3/c16-13-3-1-2-12(13)14(18)17-11-6-4-10(5-7-11)15-19-8-9-20-15/h4-7,12-13,15H,1-3,8-9,16H2,(H,17,18). The topological polar surface area (TPSA) is 73.6 Å². The molecule has 1 aliphatic carbocycles. The first-order valence-electron chi connectivity index (χ1n) is 7.13. The summed E-state index contributed by atoms with van der Waals surface area (Å²) in [5.41, 5.74) is 7.70. The van der Waals surface area contributed by atoms with Crippen molar-refractivity contribution < 1.29 is 14.3 Å². The van der Waals surface area contributed by atoms with Crippen molar-refractivity contribution in [1.82, 2.24) is 0 Å². The number of amides is 1. The van der Waals surface area contributed by atoms with Crippen LogP contribution in [0.25, 0.3) is 0 Å². The third-order valence-electron chi connectivity index (χ3n) is 3.98. The number of hydrogen-bond acceptors (Lipinski definition) is 4. The number of anilines is 1. The summed E-state index contributed by atoms with van der Waals surface area (Å²) in [5.74, 6) is -0.0349. The van der Waals surface area contributed by atoms with E-state index in [1.807, 2.05) is 24.3 Å². The molecule has 1 saturated carbocycles. The Balaban J connectivity index is 1.61. The van der Waals surface area contributed by atoms with Crippen molar-refractivity contribution >= 4 is 11.6 Å². The fourth-order valence-electron chi connectivity index (χ4n) is 2.82. The summed E-state index contributed by atoms with van der Waals surface area (Å²) in [4.78, 5) is 12.1. The van der Waals surface area contributed by atoms with E-state index in [9.17, 15) is 4.79 Å². The number of benzene rings is 1. The van der Waals surface area contributed by atoms with Gasteiger partial charge in [-0.1, -0.05) is 18.6 Å². The molecule has 1 aliphatic heterocycles. The zero-order valence-electron chi connectivity index (χ0n) is 11.4. The van der Waals surface area contributed by atoms with Crippen LogP contribution in [0.4, 0.5) is 5.69 Å². The average molecular weight is 276 g/mol. The van der Waals surface area contributed by atoms with E-state index in [0.717, 1.165) is 30.5 Å². The van der Waals surface area contributed by atoms with Crippen LogP contribution in [-0.2, 0) is 14.3 Å². The van der Waals surface area contributed by atoms with Crippen molar-refractivity contribution in [2.24, 2.45) is 11.7 Å². The van der Waals surface area contributed by atoms with E-state index in [2.05, 4.69) is 5.32 Å². The summed E-state index contributed by atoms with van der Waals surface area (Å²) in [6.07, 6.45) is 2.58. The number of nitrogens with two attached hydrogens (primary N) is 1. The van der Waals surface area contributed by atoms with Gasteiger partial charge in [0.15, 0.2) is 6.29 Å². The molecular formula is C15H20N2O3. The van der Waals surface area contributed by atoms with Crippen LogP contribution in [0.2, 0.25) is 0 Å². The molecule has 1 heterocycles. The summed E-state index contributed by atoms with van der Waals surface area (Å²) in [6.45, 7) is 1.26. The minimum Gasteiger partial charge on any atom is -0.346 e. The lowest BCUT2D eigenvalue weighted by molar-refractivity contribution is -0.120. The molecule has 2 aliphatic rings. The molecule has 1 aromatic carbocycles. The smallest absolute Gasteiger partial charge is 0.229 e. The van der Waals surface area contributed by atoms with Gasteiger partial charge < -0.3 is 20.5 Å². The van der Waals surface area contributed by atoms with Gasteiger partial charge in [0.25, 0.3) is 0 Å². The van der Waals surface area contributed by atoms with Crippen molar-refractivity contribution in [2.45, 2.75) is 31.6 Å². The predicted octanol–water partition coefficient (Wildman–Crippen LogP) is 1.80. The van der Waals surface area contributed by atoms with Crippen molar-refractivity contribution in [2.75, 3.05) is 18.5 Å². The van der Waals surface area contributed by atoms with Crippen LogP contribution in [0.1, 0.15) is 31.1 Å². The molecule has 5 nitrogen and oxygen atoms in total. The van der Waals surface area contributed by atoms with E-state index in [0.29, 0.717) is 13.2 Å². The minimum absolute atomic E-state index is 0.00504. The number of carbonyl (C=O) groups excluding carboxylic acids is 1. The molecule has 5 heteroatoms. The Labute approximate surface area is 118 Å². The second kappa shape index (κ2) is 5.91. The molecule has 20 heavy (non-hydrogen) atoms. The lowest BCUT2D eigenvalue weighted by Gasteiger charge is -2.15. The Bertz CT molecular complexity index is 469. The highest BCUT2D eigenvalue weighted by molar-refractivity contribution is 5.93. The van der Waals surface area contributed by atoms with E-state index in [1.165, 1.54) is 0 Å². The summed E-state index contributed by atoms with van der Waals surface area (Å²) < 4.78 is 10.9. The number of nitrogens with one attached hydrogen (secondary N) is 1. The zero-order valence-corrected chi connectivity index (χ0v) is 11.4. The van der Waals surface area contributed by atoms with Crippen LogP contribution in [0.5, 0.6) is 0 Å². The number of ether oxygens (including phenoxy) is 2. The summed E-state index contributed by atoms with van der Waals surface area (Å²) in [6, 6.07) is 7.58. The quantitative estimate of drug-likeness (QED) is 0.883. The highest BCUT2D eigenvalue weighted by Crippen LogP contribution is 2.27. The molecule has 3 rings (SSSR count). The fourth-order valence-corrected chi connectivity index (χ4v) is 2.82. The van der Waals surface area contributed by atoms with Crippen molar-refractivity contribution in [1.29, 1.82) is 0 Å². The van der Waals surface area contributed by atoms with Gasteiger partial charge in [-0.05, 0) is 25.0 Å². The van der Waals surface area contributed by atoms with Crippen LogP contribution in [0.15, 0.2) is 24.3 Å². The summed E-state index contributed by atoms with van der Waals surface area (Å²) in [5, 5.41) is 2.93.